The van der Waals surface area contributed by atoms with Crippen LogP contribution >= 0.6 is 17.2 Å². The number of carbonyl (C=O) groups excluding carboxylic acids is 1. The molecule has 3 aromatic rings. The van der Waals surface area contributed by atoms with Gasteiger partial charge in [0.2, 0.25) is 0 Å². The Hall–Kier alpha value is -1.66. The molecule has 1 aliphatic heterocycles. The molecule has 0 amide bonds. The second-order valence-corrected chi connectivity index (χ2v) is 30.8. The molecule has 0 bridgehead atoms. The molecule has 1 unspecified atom stereocenters. The molecular weight excluding hydrogens is 574 g/mol. The average molecular weight is 623 g/mol. The SMILES string of the molecule is CC1(C)CC(=O)CC(C)(C)P1c1cc(C[Si](C)(C)C)c(C[Si](C)(C)C)cc1C(P)(c1ncccn1)c1ncccn1. The second-order valence-electron chi connectivity index (χ2n) is 15.4. The summed E-state index contributed by atoms with van der Waals surface area (Å²) in [4.78, 5) is 32.3. The Balaban J connectivity index is 2.16. The lowest BCUT2D eigenvalue weighted by Crippen LogP contribution is -2.45. The number of nitrogens with zero attached hydrogens (tertiary/aromatic N) is 4. The fraction of sp³-hybridized carbons (Fsp3) is 0.531. The highest BCUT2D eigenvalue weighted by atomic mass is 31.1. The van der Waals surface area contributed by atoms with Crippen LogP contribution in [0.25, 0.3) is 0 Å². The Morgan fingerprint density at radius 2 is 1.15 bits per heavy atom. The van der Waals surface area contributed by atoms with Gasteiger partial charge in [0.25, 0.3) is 0 Å². The van der Waals surface area contributed by atoms with Gasteiger partial charge < -0.3 is 0 Å². The Kier molecular flexibility index (Phi) is 9.01. The second kappa shape index (κ2) is 11.4. The monoisotopic (exact) mass is 622 g/mol. The van der Waals surface area contributed by atoms with E-state index in [0.29, 0.717) is 30.3 Å². The average Bonchev–Trinajstić information content (AvgIpc) is 2.82. The highest BCUT2D eigenvalue weighted by Crippen LogP contribution is 2.65. The molecule has 5 nitrogen and oxygen atoms in total. The van der Waals surface area contributed by atoms with E-state index in [4.69, 9.17) is 19.9 Å². The van der Waals surface area contributed by atoms with Crippen LogP contribution in [-0.4, -0.2) is 52.2 Å². The highest BCUT2D eigenvalue weighted by Gasteiger charge is 2.51. The van der Waals surface area contributed by atoms with E-state index >= 15 is 0 Å². The molecule has 0 N–H and O–H groups in total. The molecule has 3 heterocycles. The summed E-state index contributed by atoms with van der Waals surface area (Å²) in [5.74, 6) is 1.72. The number of benzene rings is 1. The molecule has 1 aliphatic rings. The maximum atomic E-state index is 13.0. The third-order valence-corrected chi connectivity index (χ3v) is 15.0. The molecule has 41 heavy (non-hydrogen) atoms. The van der Waals surface area contributed by atoms with E-state index in [1.165, 1.54) is 22.0 Å². The maximum absolute atomic E-state index is 13.0. The molecule has 1 saturated heterocycles. The summed E-state index contributed by atoms with van der Waals surface area (Å²) in [5, 5.41) is 0.213. The number of hydrogen-bond acceptors (Lipinski definition) is 5. The lowest BCUT2D eigenvalue weighted by atomic mass is 9.92. The van der Waals surface area contributed by atoms with E-state index in [0.717, 1.165) is 12.1 Å². The van der Waals surface area contributed by atoms with Gasteiger partial charge in [-0.15, -0.1) is 9.24 Å². The molecule has 4 rings (SSSR count). The number of hydrogen-bond donors (Lipinski definition) is 0. The zero-order valence-corrected chi connectivity index (χ0v) is 30.7. The van der Waals surface area contributed by atoms with Crippen LogP contribution in [0.2, 0.25) is 39.3 Å². The van der Waals surface area contributed by atoms with Crippen molar-refractivity contribution in [2.75, 3.05) is 0 Å². The van der Waals surface area contributed by atoms with Gasteiger partial charge in [-0.2, -0.15) is 0 Å². The zero-order valence-electron chi connectivity index (χ0n) is 26.7. The van der Waals surface area contributed by atoms with Crippen molar-refractivity contribution in [2.24, 2.45) is 0 Å². The maximum Gasteiger partial charge on any atom is 0.150 e. The molecule has 220 valence electrons. The van der Waals surface area contributed by atoms with Gasteiger partial charge in [-0.05, 0) is 56.5 Å². The first-order chi connectivity index (χ1) is 18.8. The topological polar surface area (TPSA) is 68.6 Å². The Morgan fingerprint density at radius 1 is 0.756 bits per heavy atom. The summed E-state index contributed by atoms with van der Waals surface area (Å²) < 4.78 is 0. The molecule has 1 aromatic carbocycles. The smallest absolute Gasteiger partial charge is 0.150 e. The van der Waals surface area contributed by atoms with Crippen LogP contribution in [0.1, 0.15) is 68.9 Å². The summed E-state index contributed by atoms with van der Waals surface area (Å²) in [6.07, 6.45) is 8.45. The van der Waals surface area contributed by atoms with Gasteiger partial charge in [-0.3, -0.25) is 4.79 Å². The largest absolute Gasteiger partial charge is 0.300 e. The van der Waals surface area contributed by atoms with Crippen molar-refractivity contribution >= 4 is 44.4 Å². The van der Waals surface area contributed by atoms with Gasteiger partial charge in [-0.1, -0.05) is 87.0 Å². The van der Waals surface area contributed by atoms with Crippen molar-refractivity contribution in [3.05, 3.63) is 77.4 Å². The van der Waals surface area contributed by atoms with Gasteiger partial charge >= 0.3 is 0 Å². The van der Waals surface area contributed by atoms with Gasteiger partial charge in [-0.25, -0.2) is 19.9 Å². The molecule has 0 spiro atoms. The van der Waals surface area contributed by atoms with Crippen molar-refractivity contribution in [3.8, 4) is 0 Å². The van der Waals surface area contributed by atoms with Crippen LogP contribution in [-0.2, 0) is 22.0 Å². The summed E-state index contributed by atoms with van der Waals surface area (Å²) in [5.41, 5.74) is 4.11. The Labute approximate surface area is 253 Å². The Bertz CT molecular complexity index is 1340. The summed E-state index contributed by atoms with van der Waals surface area (Å²) >= 11 is 0. The first kappa shape index (κ1) is 32.3. The summed E-state index contributed by atoms with van der Waals surface area (Å²) in [7, 11) is -0.561. The lowest BCUT2D eigenvalue weighted by molar-refractivity contribution is -0.120. The van der Waals surface area contributed by atoms with Gasteiger partial charge in [0, 0.05) is 53.8 Å². The van der Waals surface area contributed by atoms with Crippen molar-refractivity contribution in [3.63, 3.8) is 0 Å². The molecule has 0 radical (unpaired) electrons. The van der Waals surface area contributed by atoms with E-state index in [1.54, 1.807) is 0 Å². The standard InChI is InChI=1S/C32H48N4OP2Si2/c1-30(2)19-25(37)20-31(3,4)39(30)27-18-24(22-41(8,9)10)23(21-40(5,6)7)17-26(27)32(38,28-33-13-11-14-34-28)29-35-15-12-16-36-29/h11-18H,19-22,38H2,1-10H3. The fourth-order valence-corrected chi connectivity index (χ4v) is 14.6. The van der Waals surface area contributed by atoms with Crippen molar-refractivity contribution in [1.29, 1.82) is 0 Å². The molecule has 9 heteroatoms. The highest BCUT2D eigenvalue weighted by molar-refractivity contribution is 7.69. The molecule has 2 aromatic heterocycles. The third kappa shape index (κ3) is 7.12. The third-order valence-electron chi connectivity index (χ3n) is 7.73. The number of carbonyl (C=O) groups is 1. The first-order valence-electron chi connectivity index (χ1n) is 14.7. The molecule has 0 aliphatic carbocycles. The number of rotatable bonds is 8. The molecule has 1 atom stereocenters. The summed E-state index contributed by atoms with van der Waals surface area (Å²) in [6, 6.07) is 11.0. The van der Waals surface area contributed by atoms with Crippen LogP contribution in [0.15, 0.2) is 49.1 Å². The molecule has 1 fully saturated rings. The van der Waals surface area contributed by atoms with Crippen LogP contribution in [0.5, 0.6) is 0 Å². The predicted octanol–water partition coefficient (Wildman–Crippen LogP) is 7.30. The van der Waals surface area contributed by atoms with Crippen molar-refractivity contribution in [2.45, 2.75) is 107 Å². The van der Waals surface area contributed by atoms with Gasteiger partial charge in [0.1, 0.15) is 22.6 Å². The summed E-state index contributed by atoms with van der Waals surface area (Å²) in [6.45, 7) is 24.0. The first-order valence-corrected chi connectivity index (χ1v) is 24.0. The zero-order chi connectivity index (χ0) is 30.4. The van der Waals surface area contributed by atoms with Crippen molar-refractivity contribution < 1.29 is 4.79 Å². The Morgan fingerprint density at radius 3 is 1.54 bits per heavy atom. The van der Waals surface area contributed by atoms with Crippen LogP contribution in [0.3, 0.4) is 0 Å². The van der Waals surface area contributed by atoms with Crippen LogP contribution < -0.4 is 5.30 Å². The fourth-order valence-electron chi connectivity index (χ4n) is 6.65. The minimum atomic E-state index is -1.46. The molecular formula is C32H48N4OP2Si2. The number of Topliss-reactive ketones (excluding diaryl/α,β-unsaturated/α-hetero) is 1. The van der Waals surface area contributed by atoms with Crippen LogP contribution in [0.4, 0.5) is 0 Å². The molecule has 0 saturated carbocycles. The number of aromatic nitrogens is 4. The van der Waals surface area contributed by atoms with E-state index in [9.17, 15) is 4.79 Å². The minimum Gasteiger partial charge on any atom is -0.300 e. The lowest BCUT2D eigenvalue weighted by Gasteiger charge is -2.50. The van der Waals surface area contributed by atoms with E-state index < -0.39 is 29.2 Å². The van der Waals surface area contributed by atoms with Crippen molar-refractivity contribution in [1.82, 2.24) is 19.9 Å². The van der Waals surface area contributed by atoms with E-state index in [1.807, 2.05) is 36.9 Å². The van der Waals surface area contributed by atoms with Gasteiger partial charge in [0.05, 0.1) is 0 Å². The van der Waals surface area contributed by atoms with E-state index in [2.05, 4.69) is 88.3 Å². The number of ketones is 1. The minimum absolute atomic E-state index is 0.152. The van der Waals surface area contributed by atoms with Crippen LogP contribution in [0, 0.1) is 0 Å². The predicted molar refractivity (Wildman–Crippen MR) is 183 cm³/mol. The van der Waals surface area contributed by atoms with E-state index in [-0.39, 0.29) is 10.3 Å². The van der Waals surface area contributed by atoms with Gasteiger partial charge in [0.15, 0.2) is 0 Å². The quantitative estimate of drug-likeness (QED) is 0.195. The normalized spacial score (nSPS) is 18.0.